The van der Waals surface area contributed by atoms with Gasteiger partial charge in [0.2, 0.25) is 0 Å². The highest BCUT2D eigenvalue weighted by Gasteiger charge is 2.08. The Bertz CT molecular complexity index is 539. The first-order chi connectivity index (χ1) is 7.58. The lowest BCUT2D eigenvalue weighted by atomic mass is 10.1. The summed E-state index contributed by atoms with van der Waals surface area (Å²) in [6.45, 7) is 1.75. The summed E-state index contributed by atoms with van der Waals surface area (Å²) in [4.78, 5) is 4.01. The molecule has 0 aliphatic rings. The Labute approximate surface area is 91.7 Å². The number of benzene rings is 1. The van der Waals surface area contributed by atoms with Crippen LogP contribution >= 0.6 is 0 Å². The smallest absolute Gasteiger partial charge is 0.131 e. The van der Waals surface area contributed by atoms with Crippen molar-refractivity contribution in [2.75, 3.05) is 5.73 Å². The van der Waals surface area contributed by atoms with E-state index in [1.807, 2.05) is 0 Å². The number of pyridine rings is 1. The molecule has 0 saturated carbocycles. The topological polar surface area (TPSA) is 38.9 Å². The molecule has 0 spiro atoms. The van der Waals surface area contributed by atoms with E-state index in [9.17, 15) is 8.78 Å². The molecule has 0 amide bonds. The summed E-state index contributed by atoms with van der Waals surface area (Å²) < 4.78 is 26.4. The standard InChI is InChI=1S/C12H10F2N2/c1-7-12(15)4-8(6-16-7)10-5-9(13)2-3-11(10)14/h2-6H,15H2,1H3. The number of halogens is 2. The van der Waals surface area contributed by atoms with Crippen molar-refractivity contribution in [1.82, 2.24) is 4.98 Å². The highest BCUT2D eigenvalue weighted by Crippen LogP contribution is 2.25. The predicted octanol–water partition coefficient (Wildman–Crippen LogP) is 2.92. The van der Waals surface area contributed by atoms with E-state index in [-0.39, 0.29) is 5.56 Å². The van der Waals surface area contributed by atoms with Crippen molar-refractivity contribution >= 4 is 5.69 Å². The zero-order chi connectivity index (χ0) is 11.7. The number of nitrogens with two attached hydrogens (primary N) is 1. The summed E-state index contributed by atoms with van der Waals surface area (Å²) in [6.07, 6.45) is 1.48. The van der Waals surface area contributed by atoms with Crippen LogP contribution in [0, 0.1) is 18.6 Å². The first-order valence-corrected chi connectivity index (χ1v) is 4.75. The van der Waals surface area contributed by atoms with E-state index in [4.69, 9.17) is 5.73 Å². The number of hydrogen-bond donors (Lipinski definition) is 1. The molecule has 82 valence electrons. The Hall–Kier alpha value is -1.97. The van der Waals surface area contributed by atoms with E-state index in [0.717, 1.165) is 18.2 Å². The molecular weight excluding hydrogens is 210 g/mol. The van der Waals surface area contributed by atoms with Crippen LogP contribution in [0.15, 0.2) is 30.5 Å². The first kappa shape index (κ1) is 10.5. The normalized spacial score (nSPS) is 10.4. The molecular formula is C12H10F2N2. The number of hydrogen-bond acceptors (Lipinski definition) is 2. The van der Waals surface area contributed by atoms with Gasteiger partial charge in [-0.1, -0.05) is 0 Å². The van der Waals surface area contributed by atoms with Gasteiger partial charge in [0.25, 0.3) is 0 Å². The molecule has 0 atom stereocenters. The molecule has 1 aromatic heterocycles. The minimum absolute atomic E-state index is 0.166. The van der Waals surface area contributed by atoms with Gasteiger partial charge in [-0.3, -0.25) is 4.98 Å². The van der Waals surface area contributed by atoms with Gasteiger partial charge in [0.15, 0.2) is 0 Å². The fourth-order valence-corrected chi connectivity index (χ4v) is 1.42. The SMILES string of the molecule is Cc1ncc(-c2cc(F)ccc2F)cc1N. The molecule has 0 unspecified atom stereocenters. The van der Waals surface area contributed by atoms with Crippen LogP contribution < -0.4 is 5.73 Å². The molecule has 2 N–H and O–H groups in total. The summed E-state index contributed by atoms with van der Waals surface area (Å²) in [6, 6.07) is 4.87. The van der Waals surface area contributed by atoms with Gasteiger partial charge in [-0.2, -0.15) is 0 Å². The molecule has 2 aromatic rings. The van der Waals surface area contributed by atoms with Gasteiger partial charge in [-0.05, 0) is 31.2 Å². The second-order valence-electron chi connectivity index (χ2n) is 3.52. The first-order valence-electron chi connectivity index (χ1n) is 4.75. The average Bonchev–Trinajstić information content (AvgIpc) is 2.26. The lowest BCUT2D eigenvalue weighted by Gasteiger charge is -2.05. The lowest BCUT2D eigenvalue weighted by molar-refractivity contribution is 0.603. The highest BCUT2D eigenvalue weighted by molar-refractivity contribution is 5.67. The molecule has 0 saturated heterocycles. The van der Waals surface area contributed by atoms with Crippen LogP contribution in [0.5, 0.6) is 0 Å². The highest BCUT2D eigenvalue weighted by atomic mass is 19.1. The van der Waals surface area contributed by atoms with Crippen LogP contribution in [0.25, 0.3) is 11.1 Å². The monoisotopic (exact) mass is 220 g/mol. The van der Waals surface area contributed by atoms with E-state index < -0.39 is 11.6 Å². The van der Waals surface area contributed by atoms with Gasteiger partial charge >= 0.3 is 0 Å². The van der Waals surface area contributed by atoms with E-state index >= 15 is 0 Å². The lowest BCUT2D eigenvalue weighted by Crippen LogP contribution is -1.94. The average molecular weight is 220 g/mol. The molecule has 4 heteroatoms. The maximum absolute atomic E-state index is 13.5. The van der Waals surface area contributed by atoms with Crippen LogP contribution in [0.2, 0.25) is 0 Å². The maximum Gasteiger partial charge on any atom is 0.131 e. The third kappa shape index (κ3) is 1.86. The minimum Gasteiger partial charge on any atom is -0.397 e. The number of nitrogen functional groups attached to an aromatic ring is 1. The Morgan fingerprint density at radius 3 is 2.62 bits per heavy atom. The summed E-state index contributed by atoms with van der Waals surface area (Å²) in [5.41, 5.74) is 7.43. The molecule has 0 aliphatic heterocycles. The molecule has 0 bridgehead atoms. The Balaban J connectivity index is 2.58. The largest absolute Gasteiger partial charge is 0.397 e. The van der Waals surface area contributed by atoms with Crippen LogP contribution in [0.3, 0.4) is 0 Å². The molecule has 2 rings (SSSR count). The summed E-state index contributed by atoms with van der Waals surface area (Å²) >= 11 is 0. The second kappa shape index (κ2) is 3.89. The van der Waals surface area contributed by atoms with Gasteiger partial charge in [0.05, 0.1) is 11.4 Å². The van der Waals surface area contributed by atoms with Crippen molar-refractivity contribution in [1.29, 1.82) is 0 Å². The molecule has 1 heterocycles. The van der Waals surface area contributed by atoms with Crippen molar-refractivity contribution in [2.24, 2.45) is 0 Å². The Morgan fingerprint density at radius 2 is 1.94 bits per heavy atom. The zero-order valence-electron chi connectivity index (χ0n) is 8.67. The Kier molecular flexibility index (Phi) is 2.56. The number of rotatable bonds is 1. The number of aromatic nitrogens is 1. The third-order valence-corrected chi connectivity index (χ3v) is 2.37. The summed E-state index contributed by atoms with van der Waals surface area (Å²) in [5, 5.41) is 0. The van der Waals surface area contributed by atoms with Crippen LogP contribution in [-0.2, 0) is 0 Å². The van der Waals surface area contributed by atoms with E-state index in [0.29, 0.717) is 16.9 Å². The van der Waals surface area contributed by atoms with Crippen LogP contribution in [-0.4, -0.2) is 4.98 Å². The van der Waals surface area contributed by atoms with Gasteiger partial charge in [0, 0.05) is 17.3 Å². The van der Waals surface area contributed by atoms with Gasteiger partial charge in [-0.15, -0.1) is 0 Å². The molecule has 16 heavy (non-hydrogen) atoms. The minimum atomic E-state index is -0.494. The molecule has 2 nitrogen and oxygen atoms in total. The summed E-state index contributed by atoms with van der Waals surface area (Å²) in [7, 11) is 0. The van der Waals surface area contributed by atoms with E-state index in [1.165, 1.54) is 6.20 Å². The van der Waals surface area contributed by atoms with Crippen molar-refractivity contribution in [3.05, 3.63) is 47.8 Å². The number of anilines is 1. The summed E-state index contributed by atoms with van der Waals surface area (Å²) in [5.74, 6) is -0.984. The zero-order valence-corrected chi connectivity index (χ0v) is 8.67. The van der Waals surface area contributed by atoms with E-state index in [1.54, 1.807) is 13.0 Å². The quantitative estimate of drug-likeness (QED) is 0.802. The van der Waals surface area contributed by atoms with Crippen molar-refractivity contribution in [3.63, 3.8) is 0 Å². The molecule has 0 aliphatic carbocycles. The van der Waals surface area contributed by atoms with Gasteiger partial charge < -0.3 is 5.73 Å². The van der Waals surface area contributed by atoms with Crippen molar-refractivity contribution in [2.45, 2.75) is 6.92 Å². The fourth-order valence-electron chi connectivity index (χ4n) is 1.42. The molecule has 1 aromatic carbocycles. The van der Waals surface area contributed by atoms with Gasteiger partial charge in [-0.25, -0.2) is 8.78 Å². The molecule has 0 fully saturated rings. The van der Waals surface area contributed by atoms with Gasteiger partial charge in [0.1, 0.15) is 11.6 Å². The predicted molar refractivity (Wildman–Crippen MR) is 58.7 cm³/mol. The second-order valence-corrected chi connectivity index (χ2v) is 3.52. The maximum atomic E-state index is 13.5. The van der Waals surface area contributed by atoms with E-state index in [2.05, 4.69) is 4.98 Å². The third-order valence-electron chi connectivity index (χ3n) is 2.37. The Morgan fingerprint density at radius 1 is 1.19 bits per heavy atom. The fraction of sp³-hybridized carbons (Fsp3) is 0.0833. The van der Waals surface area contributed by atoms with Crippen LogP contribution in [0.1, 0.15) is 5.69 Å². The van der Waals surface area contributed by atoms with Crippen molar-refractivity contribution in [3.8, 4) is 11.1 Å². The molecule has 0 radical (unpaired) electrons. The number of aryl methyl sites for hydroxylation is 1. The van der Waals surface area contributed by atoms with Crippen LogP contribution in [0.4, 0.5) is 14.5 Å². The number of nitrogens with zero attached hydrogens (tertiary/aromatic N) is 1. The van der Waals surface area contributed by atoms with Crippen molar-refractivity contribution < 1.29 is 8.78 Å².